The van der Waals surface area contributed by atoms with Crippen LogP contribution in [0.2, 0.25) is 5.02 Å². The van der Waals surface area contributed by atoms with Crippen molar-refractivity contribution >= 4 is 27.5 Å². The van der Waals surface area contributed by atoms with Gasteiger partial charge in [-0.15, -0.1) is 0 Å². The average molecular weight is 275 g/mol. The molecule has 14 heavy (non-hydrogen) atoms. The third kappa shape index (κ3) is 1.97. The van der Waals surface area contributed by atoms with E-state index in [4.69, 9.17) is 17.3 Å². The summed E-state index contributed by atoms with van der Waals surface area (Å²) in [6.07, 6.45) is 3.54. The minimum absolute atomic E-state index is 0.296. The molecule has 1 aromatic rings. The molecule has 0 bridgehead atoms. The molecule has 1 fully saturated rings. The summed E-state index contributed by atoms with van der Waals surface area (Å²) in [5.41, 5.74) is 7.33. The normalized spacial score (nSPS) is 26.8. The molecule has 3 heteroatoms. The number of benzene rings is 1. The molecular formula is C11H13BrClN. The summed E-state index contributed by atoms with van der Waals surface area (Å²) in [6, 6.07) is 6.23. The van der Waals surface area contributed by atoms with Crippen LogP contribution < -0.4 is 5.73 Å². The molecule has 0 amide bonds. The van der Waals surface area contributed by atoms with E-state index in [-0.39, 0.29) is 0 Å². The molecule has 0 radical (unpaired) electrons. The molecule has 2 rings (SSSR count). The summed E-state index contributed by atoms with van der Waals surface area (Å²) < 4.78 is 1.13. The predicted octanol–water partition coefficient (Wildman–Crippen LogP) is 3.70. The number of hydrogen-bond donors (Lipinski definition) is 1. The molecule has 1 aromatic carbocycles. The number of rotatable bonds is 1. The zero-order valence-electron chi connectivity index (χ0n) is 7.84. The van der Waals surface area contributed by atoms with Crippen LogP contribution in [0.5, 0.6) is 0 Å². The van der Waals surface area contributed by atoms with E-state index < -0.39 is 0 Å². The Kier molecular flexibility index (Phi) is 3.15. The second kappa shape index (κ2) is 4.21. The second-order valence-corrected chi connectivity index (χ2v) is 5.16. The van der Waals surface area contributed by atoms with Gasteiger partial charge in [-0.25, -0.2) is 0 Å². The lowest BCUT2D eigenvalue weighted by atomic mass is 9.95. The third-order valence-corrected chi connectivity index (χ3v) is 3.88. The first-order chi connectivity index (χ1) is 6.68. The Morgan fingerprint density at radius 1 is 1.36 bits per heavy atom. The zero-order valence-corrected chi connectivity index (χ0v) is 10.2. The SMILES string of the molecule is NC1CCCC1c1cc(Cl)ccc1Br. The van der Waals surface area contributed by atoms with Crippen molar-refractivity contribution in [3.63, 3.8) is 0 Å². The van der Waals surface area contributed by atoms with Crippen LogP contribution in [-0.4, -0.2) is 6.04 Å². The van der Waals surface area contributed by atoms with Gasteiger partial charge in [0.2, 0.25) is 0 Å². The van der Waals surface area contributed by atoms with E-state index in [0.29, 0.717) is 12.0 Å². The lowest BCUT2D eigenvalue weighted by molar-refractivity contribution is 0.611. The van der Waals surface area contributed by atoms with Crippen LogP contribution in [0.4, 0.5) is 0 Å². The van der Waals surface area contributed by atoms with E-state index in [0.717, 1.165) is 15.9 Å². The van der Waals surface area contributed by atoms with Gasteiger partial charge in [0.05, 0.1) is 0 Å². The minimum atomic E-state index is 0.296. The number of halogens is 2. The maximum Gasteiger partial charge on any atom is 0.0409 e. The van der Waals surface area contributed by atoms with Crippen molar-refractivity contribution in [1.29, 1.82) is 0 Å². The molecule has 0 aliphatic heterocycles. The highest BCUT2D eigenvalue weighted by Gasteiger charge is 2.26. The fraction of sp³-hybridized carbons (Fsp3) is 0.455. The Bertz CT molecular complexity index is 340. The molecular weight excluding hydrogens is 261 g/mol. The number of hydrogen-bond acceptors (Lipinski definition) is 1. The van der Waals surface area contributed by atoms with Crippen LogP contribution >= 0.6 is 27.5 Å². The van der Waals surface area contributed by atoms with Gasteiger partial charge in [-0.2, -0.15) is 0 Å². The smallest absolute Gasteiger partial charge is 0.0409 e. The largest absolute Gasteiger partial charge is 0.327 e. The van der Waals surface area contributed by atoms with Crippen molar-refractivity contribution in [2.24, 2.45) is 5.73 Å². The molecule has 0 saturated heterocycles. The first-order valence-electron chi connectivity index (χ1n) is 4.89. The fourth-order valence-corrected chi connectivity index (χ4v) is 2.89. The summed E-state index contributed by atoms with van der Waals surface area (Å²) in [4.78, 5) is 0. The first-order valence-corrected chi connectivity index (χ1v) is 6.06. The third-order valence-electron chi connectivity index (χ3n) is 2.93. The van der Waals surface area contributed by atoms with Gasteiger partial charge in [-0.1, -0.05) is 34.0 Å². The molecule has 1 aliphatic carbocycles. The van der Waals surface area contributed by atoms with Gasteiger partial charge >= 0.3 is 0 Å². The van der Waals surface area contributed by atoms with Crippen LogP contribution in [0.3, 0.4) is 0 Å². The summed E-state index contributed by atoms with van der Waals surface area (Å²) in [5, 5.41) is 0.794. The molecule has 2 unspecified atom stereocenters. The van der Waals surface area contributed by atoms with Crippen molar-refractivity contribution in [3.05, 3.63) is 33.3 Å². The van der Waals surface area contributed by atoms with Crippen LogP contribution in [0, 0.1) is 0 Å². The first kappa shape index (κ1) is 10.5. The molecule has 0 heterocycles. The molecule has 0 aromatic heterocycles. The number of nitrogens with two attached hydrogens (primary N) is 1. The maximum absolute atomic E-state index is 6.07. The monoisotopic (exact) mass is 273 g/mol. The Hall–Kier alpha value is -0.0500. The Morgan fingerprint density at radius 2 is 2.14 bits per heavy atom. The van der Waals surface area contributed by atoms with Gasteiger partial charge in [0.1, 0.15) is 0 Å². The average Bonchev–Trinajstić information content (AvgIpc) is 2.56. The van der Waals surface area contributed by atoms with E-state index in [1.165, 1.54) is 18.4 Å². The summed E-state index contributed by atoms with van der Waals surface area (Å²) in [6.45, 7) is 0. The topological polar surface area (TPSA) is 26.0 Å². The van der Waals surface area contributed by atoms with E-state index in [2.05, 4.69) is 15.9 Å². The van der Waals surface area contributed by atoms with Crippen LogP contribution in [0.15, 0.2) is 22.7 Å². The van der Waals surface area contributed by atoms with Gasteiger partial charge in [-0.3, -0.25) is 0 Å². The summed E-state index contributed by atoms with van der Waals surface area (Å²) >= 11 is 9.54. The highest BCUT2D eigenvalue weighted by atomic mass is 79.9. The van der Waals surface area contributed by atoms with Crippen molar-refractivity contribution < 1.29 is 0 Å². The maximum atomic E-state index is 6.07. The highest BCUT2D eigenvalue weighted by Crippen LogP contribution is 2.38. The molecule has 2 atom stereocenters. The van der Waals surface area contributed by atoms with Crippen LogP contribution in [-0.2, 0) is 0 Å². The van der Waals surface area contributed by atoms with E-state index >= 15 is 0 Å². The predicted molar refractivity (Wildman–Crippen MR) is 63.7 cm³/mol. The summed E-state index contributed by atoms with van der Waals surface area (Å²) in [5.74, 6) is 0.475. The van der Waals surface area contributed by atoms with Gasteiger partial charge in [0, 0.05) is 21.5 Å². The molecule has 2 N–H and O–H groups in total. The van der Waals surface area contributed by atoms with E-state index in [9.17, 15) is 0 Å². The van der Waals surface area contributed by atoms with Gasteiger partial charge in [0.15, 0.2) is 0 Å². The fourth-order valence-electron chi connectivity index (χ4n) is 2.17. The molecule has 0 spiro atoms. The quantitative estimate of drug-likeness (QED) is 0.830. The van der Waals surface area contributed by atoms with Gasteiger partial charge < -0.3 is 5.73 Å². The zero-order chi connectivity index (χ0) is 10.1. The van der Waals surface area contributed by atoms with E-state index in [1.807, 2.05) is 18.2 Å². The summed E-state index contributed by atoms with van der Waals surface area (Å²) in [7, 11) is 0. The Morgan fingerprint density at radius 3 is 2.79 bits per heavy atom. The molecule has 1 nitrogen and oxygen atoms in total. The van der Waals surface area contributed by atoms with E-state index in [1.54, 1.807) is 0 Å². The van der Waals surface area contributed by atoms with Crippen molar-refractivity contribution in [1.82, 2.24) is 0 Å². The lowest BCUT2D eigenvalue weighted by Gasteiger charge is -2.17. The van der Waals surface area contributed by atoms with Crippen molar-refractivity contribution in [2.75, 3.05) is 0 Å². The van der Waals surface area contributed by atoms with Crippen LogP contribution in [0.25, 0.3) is 0 Å². The highest BCUT2D eigenvalue weighted by molar-refractivity contribution is 9.10. The Labute approximate surface area is 97.8 Å². The van der Waals surface area contributed by atoms with Crippen LogP contribution in [0.1, 0.15) is 30.7 Å². The minimum Gasteiger partial charge on any atom is -0.327 e. The second-order valence-electron chi connectivity index (χ2n) is 3.87. The van der Waals surface area contributed by atoms with Crippen molar-refractivity contribution in [2.45, 2.75) is 31.2 Å². The lowest BCUT2D eigenvalue weighted by Crippen LogP contribution is -2.22. The molecule has 76 valence electrons. The molecule has 1 aliphatic rings. The standard InChI is InChI=1S/C11H13BrClN/c12-10-5-4-7(13)6-9(10)8-2-1-3-11(8)14/h4-6,8,11H,1-3,14H2. The van der Waals surface area contributed by atoms with Gasteiger partial charge in [0.25, 0.3) is 0 Å². The van der Waals surface area contributed by atoms with Crippen molar-refractivity contribution in [3.8, 4) is 0 Å². The molecule has 1 saturated carbocycles. The Balaban J connectivity index is 2.34. The van der Waals surface area contributed by atoms with Gasteiger partial charge in [-0.05, 0) is 36.6 Å².